The molecule has 1 N–H and O–H groups in total. The van der Waals surface area contributed by atoms with E-state index in [-0.39, 0.29) is 11.9 Å². The minimum absolute atomic E-state index is 0.159. The number of anilines is 1. The first-order valence-electron chi connectivity index (χ1n) is 9.73. The Kier molecular flexibility index (Phi) is 5.89. The van der Waals surface area contributed by atoms with E-state index in [1.165, 1.54) is 0 Å². The van der Waals surface area contributed by atoms with E-state index in [4.69, 9.17) is 9.47 Å². The third-order valence-electron chi connectivity index (χ3n) is 4.67. The molecule has 1 heterocycles. The van der Waals surface area contributed by atoms with Crippen molar-refractivity contribution in [2.24, 2.45) is 0 Å². The molecule has 0 unspecified atom stereocenters. The number of amides is 1. The topological polar surface area (TPSA) is 73.3 Å². The van der Waals surface area contributed by atoms with Gasteiger partial charge in [0.05, 0.1) is 7.11 Å². The molecular weight excluding hydrogens is 390 g/mol. The number of aromatic nitrogens is 2. The zero-order valence-electron chi connectivity index (χ0n) is 17.2. The molecule has 0 bridgehead atoms. The normalized spacial score (nSPS) is 10.4. The average Bonchev–Trinajstić information content (AvgIpc) is 2.81. The van der Waals surface area contributed by atoms with Crippen LogP contribution in [-0.4, -0.2) is 23.0 Å². The second-order valence-electron chi connectivity index (χ2n) is 6.93. The van der Waals surface area contributed by atoms with Crippen LogP contribution in [0.4, 0.5) is 5.69 Å². The Morgan fingerprint density at radius 1 is 0.839 bits per heavy atom. The van der Waals surface area contributed by atoms with Crippen LogP contribution in [-0.2, 0) is 0 Å². The average molecular weight is 411 g/mol. The standard InChI is InChI=1S/C25H21N3O3/c1-17-6-12-21(13-7-17)28-24(29)19-10-8-18(9-11-19)20-15-26-25(27-16-20)31-23-5-3-4-22(14-23)30-2/h3-16H,1-2H3,(H,28,29). The molecule has 0 radical (unpaired) electrons. The monoisotopic (exact) mass is 411 g/mol. The van der Waals surface area contributed by atoms with Crippen molar-refractivity contribution >= 4 is 11.6 Å². The summed E-state index contributed by atoms with van der Waals surface area (Å²) in [7, 11) is 1.60. The van der Waals surface area contributed by atoms with Crippen LogP contribution in [0.1, 0.15) is 15.9 Å². The summed E-state index contributed by atoms with van der Waals surface area (Å²) in [5.41, 5.74) is 4.20. The van der Waals surface area contributed by atoms with Crippen molar-refractivity contribution in [3.63, 3.8) is 0 Å². The Labute approximate surface area is 180 Å². The highest BCUT2D eigenvalue weighted by molar-refractivity contribution is 6.04. The van der Waals surface area contributed by atoms with Gasteiger partial charge >= 0.3 is 6.01 Å². The molecule has 0 atom stereocenters. The number of benzene rings is 3. The lowest BCUT2D eigenvalue weighted by Crippen LogP contribution is -2.11. The number of nitrogens with one attached hydrogen (secondary N) is 1. The third-order valence-corrected chi connectivity index (χ3v) is 4.67. The lowest BCUT2D eigenvalue weighted by molar-refractivity contribution is 0.102. The first-order valence-corrected chi connectivity index (χ1v) is 9.73. The molecule has 4 aromatic rings. The molecular formula is C25H21N3O3. The maximum Gasteiger partial charge on any atom is 0.321 e. The number of nitrogens with zero attached hydrogens (tertiary/aromatic N) is 2. The van der Waals surface area contributed by atoms with E-state index in [1.54, 1.807) is 43.8 Å². The SMILES string of the molecule is COc1cccc(Oc2ncc(-c3ccc(C(=O)Nc4ccc(C)cc4)cc3)cn2)c1. The van der Waals surface area contributed by atoms with Gasteiger partial charge in [-0.05, 0) is 48.9 Å². The van der Waals surface area contributed by atoms with E-state index in [0.717, 1.165) is 22.4 Å². The van der Waals surface area contributed by atoms with Crippen LogP contribution in [0, 0.1) is 6.92 Å². The number of methoxy groups -OCH3 is 1. The van der Waals surface area contributed by atoms with Crippen LogP contribution in [0.3, 0.4) is 0 Å². The lowest BCUT2D eigenvalue weighted by atomic mass is 10.1. The van der Waals surface area contributed by atoms with Gasteiger partial charge in [0.15, 0.2) is 0 Å². The summed E-state index contributed by atoms with van der Waals surface area (Å²) in [6.07, 6.45) is 3.37. The van der Waals surface area contributed by atoms with Crippen molar-refractivity contribution in [3.8, 4) is 28.6 Å². The predicted octanol–water partition coefficient (Wildman–Crippen LogP) is 5.51. The molecule has 1 amide bonds. The number of rotatable bonds is 6. The van der Waals surface area contributed by atoms with Gasteiger partial charge in [0.25, 0.3) is 5.91 Å². The van der Waals surface area contributed by atoms with Gasteiger partial charge in [-0.25, -0.2) is 9.97 Å². The van der Waals surface area contributed by atoms with Crippen LogP contribution in [0.15, 0.2) is 85.2 Å². The Balaban J connectivity index is 1.42. The molecule has 154 valence electrons. The van der Waals surface area contributed by atoms with Gasteiger partial charge in [0.2, 0.25) is 0 Å². The summed E-state index contributed by atoms with van der Waals surface area (Å²) >= 11 is 0. The molecule has 6 nitrogen and oxygen atoms in total. The molecule has 6 heteroatoms. The highest BCUT2D eigenvalue weighted by Crippen LogP contribution is 2.24. The molecule has 4 rings (SSSR count). The van der Waals surface area contributed by atoms with Gasteiger partial charge in [-0.1, -0.05) is 35.9 Å². The number of hydrogen-bond donors (Lipinski definition) is 1. The van der Waals surface area contributed by atoms with Crippen LogP contribution >= 0.6 is 0 Å². The number of aryl methyl sites for hydroxylation is 1. The maximum atomic E-state index is 12.4. The number of carbonyl (C=O) groups is 1. The predicted molar refractivity (Wildman–Crippen MR) is 120 cm³/mol. The van der Waals surface area contributed by atoms with E-state index >= 15 is 0 Å². The van der Waals surface area contributed by atoms with Crippen LogP contribution < -0.4 is 14.8 Å². The minimum Gasteiger partial charge on any atom is -0.497 e. The van der Waals surface area contributed by atoms with Crippen molar-refractivity contribution in [2.75, 3.05) is 12.4 Å². The van der Waals surface area contributed by atoms with Crippen molar-refractivity contribution in [1.82, 2.24) is 9.97 Å². The summed E-state index contributed by atoms with van der Waals surface area (Å²) in [4.78, 5) is 21.0. The summed E-state index contributed by atoms with van der Waals surface area (Å²) in [5, 5.41) is 2.89. The van der Waals surface area contributed by atoms with Gasteiger partial charge < -0.3 is 14.8 Å². The highest BCUT2D eigenvalue weighted by Gasteiger charge is 2.08. The second kappa shape index (κ2) is 9.09. The third kappa shape index (κ3) is 5.05. The summed E-state index contributed by atoms with van der Waals surface area (Å²) < 4.78 is 10.9. The van der Waals surface area contributed by atoms with Crippen LogP contribution in [0.2, 0.25) is 0 Å². The van der Waals surface area contributed by atoms with Crippen molar-refractivity contribution in [3.05, 3.63) is 96.3 Å². The second-order valence-corrected chi connectivity index (χ2v) is 6.93. The van der Waals surface area contributed by atoms with E-state index in [1.807, 2.05) is 55.5 Å². The molecule has 0 spiro atoms. The Morgan fingerprint density at radius 3 is 2.19 bits per heavy atom. The van der Waals surface area contributed by atoms with Crippen molar-refractivity contribution < 1.29 is 14.3 Å². The fraction of sp³-hybridized carbons (Fsp3) is 0.0800. The molecule has 0 aliphatic carbocycles. The fourth-order valence-electron chi connectivity index (χ4n) is 2.94. The highest BCUT2D eigenvalue weighted by atomic mass is 16.5. The maximum absolute atomic E-state index is 12.4. The van der Waals surface area contributed by atoms with E-state index in [2.05, 4.69) is 15.3 Å². The van der Waals surface area contributed by atoms with Crippen LogP contribution in [0.5, 0.6) is 17.5 Å². The molecule has 0 saturated heterocycles. The van der Waals surface area contributed by atoms with Gasteiger partial charge in [0.1, 0.15) is 11.5 Å². The lowest BCUT2D eigenvalue weighted by Gasteiger charge is -2.08. The first kappa shape index (κ1) is 20.1. The number of ether oxygens (including phenoxy) is 2. The van der Waals surface area contributed by atoms with Gasteiger partial charge in [-0.15, -0.1) is 0 Å². The quantitative estimate of drug-likeness (QED) is 0.453. The molecule has 0 aliphatic heterocycles. The van der Waals surface area contributed by atoms with Crippen molar-refractivity contribution in [2.45, 2.75) is 6.92 Å². The first-order chi connectivity index (χ1) is 15.1. The van der Waals surface area contributed by atoms with E-state index < -0.39 is 0 Å². The summed E-state index contributed by atoms with van der Waals surface area (Å²) in [5.74, 6) is 1.13. The summed E-state index contributed by atoms with van der Waals surface area (Å²) in [6.45, 7) is 2.01. The van der Waals surface area contributed by atoms with Crippen molar-refractivity contribution in [1.29, 1.82) is 0 Å². The van der Waals surface area contributed by atoms with E-state index in [9.17, 15) is 4.79 Å². The van der Waals surface area contributed by atoms with Gasteiger partial charge in [-0.2, -0.15) is 0 Å². The molecule has 0 saturated carbocycles. The number of hydrogen-bond acceptors (Lipinski definition) is 5. The van der Waals surface area contributed by atoms with Gasteiger partial charge in [0, 0.05) is 35.3 Å². The zero-order chi connectivity index (χ0) is 21.6. The molecule has 3 aromatic carbocycles. The molecule has 0 aliphatic rings. The molecule has 1 aromatic heterocycles. The van der Waals surface area contributed by atoms with E-state index in [0.29, 0.717) is 17.1 Å². The minimum atomic E-state index is -0.159. The fourth-order valence-corrected chi connectivity index (χ4v) is 2.94. The molecule has 0 fully saturated rings. The zero-order valence-corrected chi connectivity index (χ0v) is 17.2. The Morgan fingerprint density at radius 2 is 1.52 bits per heavy atom. The van der Waals surface area contributed by atoms with Crippen LogP contribution in [0.25, 0.3) is 11.1 Å². The smallest absolute Gasteiger partial charge is 0.321 e. The van der Waals surface area contributed by atoms with Gasteiger partial charge in [-0.3, -0.25) is 4.79 Å². The molecule has 31 heavy (non-hydrogen) atoms. The largest absolute Gasteiger partial charge is 0.497 e. The number of carbonyl (C=O) groups excluding carboxylic acids is 1. The Hall–Kier alpha value is -4.19. The summed E-state index contributed by atoms with van der Waals surface area (Å²) in [6, 6.07) is 22.4. The Bertz CT molecular complexity index is 1170.